The summed E-state index contributed by atoms with van der Waals surface area (Å²) in [5.41, 5.74) is 10.9. The zero-order valence-electron chi connectivity index (χ0n) is 14.6. The van der Waals surface area contributed by atoms with E-state index in [4.69, 9.17) is 16.2 Å². The first kappa shape index (κ1) is 18.8. The Morgan fingerprint density at radius 2 is 1.57 bits per heavy atom. The Hall–Kier alpha value is -4.01. The van der Waals surface area contributed by atoms with Gasteiger partial charge in [-0.25, -0.2) is 9.59 Å². The summed E-state index contributed by atoms with van der Waals surface area (Å²) in [4.78, 5) is 60.2. The average Bonchev–Trinajstić information content (AvgIpc) is 2.65. The first-order valence-corrected chi connectivity index (χ1v) is 8.14. The summed E-state index contributed by atoms with van der Waals surface area (Å²) in [5, 5.41) is 1.78. The fourth-order valence-corrected chi connectivity index (χ4v) is 2.89. The van der Waals surface area contributed by atoms with Crippen molar-refractivity contribution in [3.63, 3.8) is 0 Å². The molecule has 142 valence electrons. The quantitative estimate of drug-likeness (QED) is 0.446. The smallest absolute Gasteiger partial charge is 0.341 e. The monoisotopic (exact) mass is 381 g/mol. The van der Waals surface area contributed by atoms with Crippen LogP contribution < -0.4 is 16.8 Å². The summed E-state index contributed by atoms with van der Waals surface area (Å²) < 4.78 is 4.97. The molecule has 3 amide bonds. The molecule has 3 rings (SSSR count). The molecule has 1 unspecified atom stereocenters. The normalized spacial score (nSPS) is 13.2. The van der Waals surface area contributed by atoms with Crippen molar-refractivity contribution in [3.8, 4) is 0 Å². The molecule has 1 aliphatic carbocycles. The number of rotatable bonds is 3. The van der Waals surface area contributed by atoms with Crippen molar-refractivity contribution < 1.29 is 28.7 Å². The summed E-state index contributed by atoms with van der Waals surface area (Å²) in [5.74, 6) is -2.79. The van der Waals surface area contributed by atoms with Crippen molar-refractivity contribution in [2.24, 2.45) is 5.73 Å². The van der Waals surface area contributed by atoms with Crippen molar-refractivity contribution in [2.75, 3.05) is 5.73 Å². The van der Waals surface area contributed by atoms with Crippen molar-refractivity contribution in [1.29, 1.82) is 0 Å². The zero-order valence-corrected chi connectivity index (χ0v) is 14.6. The number of hydrogen-bond donors (Lipinski definition) is 3. The highest BCUT2D eigenvalue weighted by atomic mass is 16.5. The minimum Gasteiger partial charge on any atom is -0.449 e. The maximum absolute atomic E-state index is 12.8. The number of amides is 3. The molecule has 0 heterocycles. The molecule has 2 aromatic carbocycles. The van der Waals surface area contributed by atoms with Crippen molar-refractivity contribution in [3.05, 3.63) is 64.2 Å². The summed E-state index contributed by atoms with van der Waals surface area (Å²) in [6, 6.07) is 7.75. The van der Waals surface area contributed by atoms with Crippen LogP contribution in [0.4, 0.5) is 10.5 Å². The molecule has 9 heteroatoms. The van der Waals surface area contributed by atoms with Gasteiger partial charge < -0.3 is 16.2 Å². The minimum absolute atomic E-state index is 0.0808. The fraction of sp³-hybridized carbons (Fsp3) is 0.105. The number of primary amides is 1. The Morgan fingerprint density at radius 1 is 0.964 bits per heavy atom. The number of nitrogens with one attached hydrogen (secondary N) is 1. The molecule has 5 N–H and O–H groups in total. The molecule has 28 heavy (non-hydrogen) atoms. The molecule has 0 fully saturated rings. The largest absolute Gasteiger partial charge is 0.449 e. The van der Waals surface area contributed by atoms with Crippen LogP contribution in [0.2, 0.25) is 0 Å². The van der Waals surface area contributed by atoms with Gasteiger partial charge in [0.2, 0.25) is 0 Å². The molecule has 0 saturated carbocycles. The lowest BCUT2D eigenvalue weighted by molar-refractivity contribution is -0.127. The highest BCUT2D eigenvalue weighted by molar-refractivity contribution is 6.30. The van der Waals surface area contributed by atoms with Gasteiger partial charge in [0.05, 0.1) is 16.8 Å². The Morgan fingerprint density at radius 3 is 2.18 bits per heavy atom. The van der Waals surface area contributed by atoms with Crippen LogP contribution in [-0.4, -0.2) is 35.6 Å². The number of imide groups is 1. The molecule has 0 spiro atoms. The van der Waals surface area contributed by atoms with Crippen molar-refractivity contribution in [2.45, 2.75) is 13.0 Å². The number of esters is 1. The Labute approximate surface area is 158 Å². The molecule has 0 saturated heterocycles. The molecule has 2 aromatic rings. The molecule has 0 bridgehead atoms. The van der Waals surface area contributed by atoms with Crippen LogP contribution in [-0.2, 0) is 9.53 Å². The molecule has 9 nitrogen and oxygen atoms in total. The standard InChI is InChI=1S/C19H15N3O6/c1-8(17(25)22-19(21)27)28-18(26)12-7-6-11-13(14(12)20)16(24)10-5-3-2-4-9(10)15(11)23/h2-8H,20H2,1H3,(H3,21,22,25,27). The molecule has 0 radical (unpaired) electrons. The number of carbonyl (C=O) groups excluding carboxylic acids is 5. The highest BCUT2D eigenvalue weighted by Gasteiger charge is 2.33. The van der Waals surface area contributed by atoms with Crippen LogP contribution in [0.15, 0.2) is 36.4 Å². The van der Waals surface area contributed by atoms with Gasteiger partial charge in [-0.15, -0.1) is 0 Å². The van der Waals surface area contributed by atoms with Crippen molar-refractivity contribution in [1.82, 2.24) is 5.32 Å². The Kier molecular flexibility index (Phi) is 4.66. The van der Waals surface area contributed by atoms with E-state index in [1.54, 1.807) is 17.4 Å². The second kappa shape index (κ2) is 6.95. The van der Waals surface area contributed by atoms with Gasteiger partial charge in [0, 0.05) is 16.7 Å². The second-order valence-corrected chi connectivity index (χ2v) is 6.05. The number of fused-ring (bicyclic) bond motifs is 2. The van der Waals surface area contributed by atoms with Crippen molar-refractivity contribution >= 4 is 35.2 Å². The van der Waals surface area contributed by atoms with Crippen LogP contribution in [0.5, 0.6) is 0 Å². The van der Waals surface area contributed by atoms with Gasteiger partial charge in [-0.1, -0.05) is 24.3 Å². The van der Waals surface area contributed by atoms with Gasteiger partial charge in [0.1, 0.15) is 0 Å². The summed E-state index contributed by atoms with van der Waals surface area (Å²) >= 11 is 0. The predicted molar refractivity (Wildman–Crippen MR) is 96.8 cm³/mol. The van der Waals surface area contributed by atoms with Gasteiger partial charge in [-0.2, -0.15) is 0 Å². The molecular weight excluding hydrogens is 366 g/mol. The summed E-state index contributed by atoms with van der Waals surface area (Å²) in [7, 11) is 0. The third kappa shape index (κ3) is 3.09. The lowest BCUT2D eigenvalue weighted by Gasteiger charge is -2.20. The predicted octanol–water partition coefficient (Wildman–Crippen LogP) is 0.784. The number of carbonyl (C=O) groups is 5. The number of ether oxygens (including phenoxy) is 1. The van der Waals surface area contributed by atoms with E-state index in [1.165, 1.54) is 31.2 Å². The maximum atomic E-state index is 12.8. The lowest BCUT2D eigenvalue weighted by Crippen LogP contribution is -2.42. The Bertz CT molecular complexity index is 1060. The van der Waals surface area contributed by atoms with Gasteiger partial charge in [0.15, 0.2) is 17.7 Å². The lowest BCUT2D eigenvalue weighted by atomic mass is 9.82. The van der Waals surface area contributed by atoms with Crippen LogP contribution in [0.25, 0.3) is 0 Å². The first-order chi connectivity index (χ1) is 13.2. The number of nitrogen functional groups attached to an aromatic ring is 1. The van der Waals surface area contributed by atoms with Crippen LogP contribution >= 0.6 is 0 Å². The maximum Gasteiger partial charge on any atom is 0.341 e. The van der Waals surface area contributed by atoms with E-state index in [2.05, 4.69) is 0 Å². The SMILES string of the molecule is CC(OC(=O)c1ccc2c(c1N)C(=O)c1ccccc1C2=O)C(=O)NC(N)=O. The van der Waals surface area contributed by atoms with Gasteiger partial charge in [-0.3, -0.25) is 19.7 Å². The summed E-state index contributed by atoms with van der Waals surface area (Å²) in [6.07, 6.45) is -1.34. The molecule has 1 atom stereocenters. The van der Waals surface area contributed by atoms with E-state index in [0.717, 1.165) is 0 Å². The van der Waals surface area contributed by atoms with Gasteiger partial charge in [-0.05, 0) is 19.1 Å². The number of nitrogens with two attached hydrogens (primary N) is 2. The van der Waals surface area contributed by atoms with E-state index in [0.29, 0.717) is 0 Å². The fourth-order valence-electron chi connectivity index (χ4n) is 2.89. The zero-order chi connectivity index (χ0) is 20.6. The number of ketones is 2. The molecule has 0 aliphatic heterocycles. The van der Waals surface area contributed by atoms with E-state index in [1.807, 2.05) is 0 Å². The minimum atomic E-state index is -1.34. The highest BCUT2D eigenvalue weighted by Crippen LogP contribution is 2.32. The third-order valence-corrected chi connectivity index (χ3v) is 4.25. The molecule has 0 aromatic heterocycles. The average molecular weight is 381 g/mol. The number of anilines is 1. The second-order valence-electron chi connectivity index (χ2n) is 6.05. The van der Waals surface area contributed by atoms with Gasteiger partial charge >= 0.3 is 12.0 Å². The van der Waals surface area contributed by atoms with E-state index >= 15 is 0 Å². The number of urea groups is 1. The number of benzene rings is 2. The molecular formula is C19H15N3O6. The van der Waals surface area contributed by atoms with Crippen LogP contribution in [0, 0.1) is 0 Å². The van der Waals surface area contributed by atoms with Crippen LogP contribution in [0.1, 0.15) is 49.1 Å². The van der Waals surface area contributed by atoms with Crippen LogP contribution in [0.3, 0.4) is 0 Å². The van der Waals surface area contributed by atoms with E-state index in [-0.39, 0.29) is 39.3 Å². The summed E-state index contributed by atoms with van der Waals surface area (Å²) in [6.45, 7) is 1.23. The first-order valence-electron chi connectivity index (χ1n) is 8.14. The molecule has 1 aliphatic rings. The van der Waals surface area contributed by atoms with E-state index in [9.17, 15) is 24.0 Å². The number of hydrogen-bond acceptors (Lipinski definition) is 7. The van der Waals surface area contributed by atoms with Gasteiger partial charge in [0.25, 0.3) is 5.91 Å². The Balaban J connectivity index is 1.95. The topological polar surface area (TPSA) is 159 Å². The third-order valence-electron chi connectivity index (χ3n) is 4.25. The van der Waals surface area contributed by atoms with E-state index < -0.39 is 29.8 Å².